The van der Waals surface area contributed by atoms with E-state index in [2.05, 4.69) is 25.3 Å². The highest BCUT2D eigenvalue weighted by atomic mass is 19.4. The molecule has 2 aromatic rings. The molecule has 2 saturated heterocycles. The number of nitrogens with two attached hydrogens (primary N) is 1. The summed E-state index contributed by atoms with van der Waals surface area (Å²) in [4.78, 5) is 9.93. The van der Waals surface area contributed by atoms with Crippen LogP contribution < -0.4 is 11.1 Å². The van der Waals surface area contributed by atoms with E-state index in [9.17, 15) is 13.2 Å². The van der Waals surface area contributed by atoms with E-state index < -0.39 is 11.7 Å². The third-order valence-electron chi connectivity index (χ3n) is 5.55. The van der Waals surface area contributed by atoms with Crippen LogP contribution in [0.25, 0.3) is 11.3 Å². The molecular weight excluding hydrogens is 415 g/mol. The first-order valence-electron chi connectivity index (χ1n) is 10.3. The Morgan fingerprint density at radius 1 is 1.26 bits per heavy atom. The molecule has 2 aliphatic heterocycles. The molecule has 0 bridgehead atoms. The Balaban J connectivity index is 1.63. The number of alkyl halides is 3. The van der Waals surface area contributed by atoms with Crippen molar-refractivity contribution in [3.8, 4) is 11.3 Å². The van der Waals surface area contributed by atoms with Gasteiger partial charge in [0.1, 0.15) is 11.4 Å². The van der Waals surface area contributed by atoms with Crippen LogP contribution in [0, 0.1) is 6.92 Å². The second-order valence-electron chi connectivity index (χ2n) is 7.64. The average molecular weight is 441 g/mol. The Bertz CT molecular complexity index is 928. The molecule has 3 N–H and O–H groups in total. The van der Waals surface area contributed by atoms with Crippen LogP contribution in [-0.2, 0) is 15.7 Å². The second-order valence-corrected chi connectivity index (χ2v) is 7.64. The summed E-state index contributed by atoms with van der Waals surface area (Å²) in [6.45, 7) is 7.12. The first-order chi connectivity index (χ1) is 14.8. The highest BCUT2D eigenvalue weighted by Crippen LogP contribution is 2.41. The van der Waals surface area contributed by atoms with Gasteiger partial charge in [-0.1, -0.05) is 0 Å². The van der Waals surface area contributed by atoms with E-state index in [0.717, 1.165) is 13.0 Å². The molecule has 0 amide bonds. The van der Waals surface area contributed by atoms with E-state index in [1.54, 1.807) is 18.5 Å². The van der Waals surface area contributed by atoms with Crippen molar-refractivity contribution in [1.29, 1.82) is 0 Å². The van der Waals surface area contributed by atoms with Crippen molar-refractivity contribution in [1.82, 2.24) is 24.6 Å². The molecule has 2 aliphatic rings. The molecular formula is C19H26F3N7O2. The van der Waals surface area contributed by atoms with Crippen molar-refractivity contribution in [3.05, 3.63) is 17.5 Å². The van der Waals surface area contributed by atoms with E-state index in [1.165, 1.54) is 6.20 Å². The van der Waals surface area contributed by atoms with Gasteiger partial charge in [-0.25, -0.2) is 4.98 Å². The maximum Gasteiger partial charge on any atom is 0.422 e. The lowest BCUT2D eigenvalue weighted by Gasteiger charge is -2.20. The maximum absolute atomic E-state index is 13.9. The normalized spacial score (nSPS) is 20.6. The first kappa shape index (κ1) is 21.8. The Morgan fingerprint density at radius 2 is 2.00 bits per heavy atom. The molecule has 170 valence electrons. The van der Waals surface area contributed by atoms with Gasteiger partial charge in [-0.3, -0.25) is 9.58 Å². The lowest BCUT2D eigenvalue weighted by atomic mass is 10.1. The molecule has 0 aliphatic carbocycles. The zero-order valence-electron chi connectivity index (χ0n) is 17.4. The number of aromatic nitrogens is 4. The standard InChI is InChI=1S/C19H26F3N7O2/c1-3-24-17-15(19(20,21)22)16(26-18(23)27-17)13-8-25-29(11(13)2)12-4-5-28(9-12)10-14-30-6-7-31-14/h8,12,14H,3-7,9-10H2,1-2H3,(H3,23,24,26,27). The minimum atomic E-state index is -4.65. The van der Waals surface area contributed by atoms with Crippen LogP contribution in [0.4, 0.5) is 24.9 Å². The molecule has 1 unspecified atom stereocenters. The third-order valence-corrected chi connectivity index (χ3v) is 5.55. The van der Waals surface area contributed by atoms with Crippen molar-refractivity contribution in [2.75, 3.05) is 50.4 Å². The summed E-state index contributed by atoms with van der Waals surface area (Å²) in [6, 6.07) is 0.0388. The molecule has 0 spiro atoms. The van der Waals surface area contributed by atoms with E-state index in [-0.39, 0.29) is 36.3 Å². The van der Waals surface area contributed by atoms with Crippen LogP contribution in [-0.4, -0.2) is 70.3 Å². The van der Waals surface area contributed by atoms with E-state index in [1.807, 2.05) is 0 Å². The number of halogens is 3. The topological polar surface area (TPSA) is 103 Å². The van der Waals surface area contributed by atoms with Gasteiger partial charge in [0.05, 0.1) is 31.1 Å². The van der Waals surface area contributed by atoms with Crippen LogP contribution in [0.3, 0.4) is 0 Å². The number of nitrogens with zero attached hydrogens (tertiary/aromatic N) is 5. The number of nitrogen functional groups attached to an aromatic ring is 1. The summed E-state index contributed by atoms with van der Waals surface area (Å²) >= 11 is 0. The first-order valence-corrected chi connectivity index (χ1v) is 10.3. The zero-order valence-corrected chi connectivity index (χ0v) is 17.4. The third kappa shape index (κ3) is 4.46. The fourth-order valence-electron chi connectivity index (χ4n) is 4.16. The minimum Gasteiger partial charge on any atom is -0.370 e. The number of anilines is 2. The second kappa shape index (κ2) is 8.60. The molecule has 1 atom stereocenters. The summed E-state index contributed by atoms with van der Waals surface area (Å²) in [5.41, 5.74) is 5.43. The minimum absolute atomic E-state index is 0.0388. The van der Waals surface area contributed by atoms with Crippen LogP contribution in [0.15, 0.2) is 6.20 Å². The Morgan fingerprint density at radius 3 is 2.68 bits per heavy atom. The molecule has 0 aromatic carbocycles. The van der Waals surface area contributed by atoms with Gasteiger partial charge in [0.25, 0.3) is 0 Å². The van der Waals surface area contributed by atoms with Gasteiger partial charge in [0.2, 0.25) is 5.95 Å². The highest BCUT2D eigenvalue weighted by Gasteiger charge is 2.40. The fraction of sp³-hybridized carbons (Fsp3) is 0.632. The Hall–Kier alpha value is -2.44. The van der Waals surface area contributed by atoms with Crippen molar-refractivity contribution < 1.29 is 22.6 Å². The number of hydrogen-bond acceptors (Lipinski definition) is 8. The zero-order chi connectivity index (χ0) is 22.2. The fourth-order valence-corrected chi connectivity index (χ4v) is 4.16. The van der Waals surface area contributed by atoms with Crippen molar-refractivity contribution in [2.24, 2.45) is 0 Å². The summed E-state index contributed by atoms with van der Waals surface area (Å²) in [6.07, 6.45) is -2.63. The monoisotopic (exact) mass is 441 g/mol. The van der Waals surface area contributed by atoms with Gasteiger partial charge < -0.3 is 20.5 Å². The van der Waals surface area contributed by atoms with Crippen LogP contribution in [0.1, 0.15) is 30.6 Å². The lowest BCUT2D eigenvalue weighted by molar-refractivity contribution is -0.136. The van der Waals surface area contributed by atoms with Crippen molar-refractivity contribution in [2.45, 2.75) is 38.8 Å². The van der Waals surface area contributed by atoms with Gasteiger partial charge in [-0.05, 0) is 20.3 Å². The van der Waals surface area contributed by atoms with Gasteiger partial charge >= 0.3 is 6.18 Å². The average Bonchev–Trinajstić information content (AvgIpc) is 3.42. The summed E-state index contributed by atoms with van der Waals surface area (Å²) < 4.78 is 54.5. The maximum atomic E-state index is 13.9. The van der Waals surface area contributed by atoms with Gasteiger partial charge in [-0.2, -0.15) is 23.3 Å². The molecule has 0 radical (unpaired) electrons. The number of ether oxygens (including phenoxy) is 2. The van der Waals surface area contributed by atoms with Crippen molar-refractivity contribution >= 4 is 11.8 Å². The molecule has 9 nitrogen and oxygen atoms in total. The van der Waals surface area contributed by atoms with Gasteiger partial charge in [0, 0.05) is 37.4 Å². The summed E-state index contributed by atoms with van der Waals surface area (Å²) in [7, 11) is 0. The van der Waals surface area contributed by atoms with Crippen LogP contribution in [0.2, 0.25) is 0 Å². The predicted molar refractivity (Wildman–Crippen MR) is 107 cm³/mol. The van der Waals surface area contributed by atoms with Gasteiger partial charge in [0.15, 0.2) is 6.29 Å². The number of hydrogen-bond donors (Lipinski definition) is 2. The number of rotatable bonds is 6. The Labute approximate surface area is 177 Å². The molecule has 0 saturated carbocycles. The number of likely N-dealkylation sites (tertiary alicyclic amines) is 1. The SMILES string of the molecule is CCNc1nc(N)nc(-c2cnn(C3CCN(CC4OCCO4)C3)c2C)c1C(F)(F)F. The van der Waals surface area contributed by atoms with E-state index in [0.29, 0.717) is 37.6 Å². The molecule has 31 heavy (non-hydrogen) atoms. The van der Waals surface area contributed by atoms with Gasteiger partial charge in [-0.15, -0.1) is 0 Å². The highest BCUT2D eigenvalue weighted by molar-refractivity contribution is 5.72. The van der Waals surface area contributed by atoms with Crippen molar-refractivity contribution in [3.63, 3.8) is 0 Å². The molecule has 2 aromatic heterocycles. The van der Waals surface area contributed by atoms with E-state index in [4.69, 9.17) is 15.2 Å². The summed E-state index contributed by atoms with van der Waals surface area (Å²) in [5.74, 6) is -0.553. The Kier molecular flexibility index (Phi) is 6.04. The quantitative estimate of drug-likeness (QED) is 0.704. The predicted octanol–water partition coefficient (Wildman–Crippen LogP) is 2.30. The number of nitrogens with one attached hydrogen (secondary N) is 1. The lowest BCUT2D eigenvalue weighted by Crippen LogP contribution is -2.31. The van der Waals surface area contributed by atoms with Crippen LogP contribution >= 0.6 is 0 Å². The molecule has 12 heteroatoms. The molecule has 4 rings (SSSR count). The largest absolute Gasteiger partial charge is 0.422 e. The van der Waals surface area contributed by atoms with Crippen LogP contribution in [0.5, 0.6) is 0 Å². The molecule has 4 heterocycles. The summed E-state index contributed by atoms with van der Waals surface area (Å²) in [5, 5.41) is 7.05. The smallest absolute Gasteiger partial charge is 0.370 e. The van der Waals surface area contributed by atoms with E-state index >= 15 is 0 Å². The molecule has 2 fully saturated rings.